The molecule has 2 saturated heterocycles. The van der Waals surface area contributed by atoms with E-state index in [1.54, 1.807) is 18.5 Å². The summed E-state index contributed by atoms with van der Waals surface area (Å²) in [5.41, 5.74) is 1.54. The second-order valence-electron chi connectivity index (χ2n) is 8.11. The monoisotopic (exact) mass is 472 g/mol. The fraction of sp³-hybridized carbons (Fsp3) is 0.409. The zero-order chi connectivity index (χ0) is 22.1. The predicted octanol–water partition coefficient (Wildman–Crippen LogP) is 2.46. The van der Waals surface area contributed by atoms with Gasteiger partial charge in [-0.15, -0.1) is 0 Å². The van der Waals surface area contributed by atoms with Crippen LogP contribution in [0.4, 0.5) is 0 Å². The number of benzene rings is 1. The highest BCUT2D eigenvalue weighted by Crippen LogP contribution is 2.32. The van der Waals surface area contributed by atoms with E-state index in [9.17, 15) is 13.2 Å². The van der Waals surface area contributed by atoms with Crippen molar-refractivity contribution in [1.29, 1.82) is 0 Å². The summed E-state index contributed by atoms with van der Waals surface area (Å²) < 4.78 is 29.6. The molecule has 0 aliphatic carbocycles. The highest BCUT2D eigenvalue weighted by Gasteiger charge is 2.35. The van der Waals surface area contributed by atoms with Gasteiger partial charge in [0.1, 0.15) is 5.58 Å². The van der Waals surface area contributed by atoms with Crippen molar-refractivity contribution in [2.24, 2.45) is 0 Å². The van der Waals surface area contributed by atoms with Crippen molar-refractivity contribution in [3.8, 4) is 0 Å². The Bertz CT molecular complexity index is 1220. The first kappa shape index (κ1) is 21.4. The summed E-state index contributed by atoms with van der Waals surface area (Å²) >= 11 is 1.47. The topological polar surface area (TPSA) is 96.6 Å². The summed E-state index contributed by atoms with van der Waals surface area (Å²) in [6, 6.07) is 9.52. The van der Waals surface area contributed by atoms with E-state index < -0.39 is 9.84 Å². The first-order valence-corrected chi connectivity index (χ1v) is 13.4. The molecular formula is C22H24N4O4S2. The molecule has 8 nitrogen and oxygen atoms in total. The minimum absolute atomic E-state index is 0.0706. The molecule has 10 heteroatoms. The number of carbonyl (C=O) groups excluding carboxylic acids is 1. The average Bonchev–Trinajstić information content (AvgIpc) is 3.37. The van der Waals surface area contributed by atoms with Gasteiger partial charge in [0.2, 0.25) is 0 Å². The van der Waals surface area contributed by atoms with E-state index in [-0.39, 0.29) is 23.5 Å². The maximum Gasteiger partial charge on any atom is 0.290 e. The summed E-state index contributed by atoms with van der Waals surface area (Å²) in [6.07, 6.45) is 4.08. The summed E-state index contributed by atoms with van der Waals surface area (Å²) in [7, 11) is -2.92. The molecule has 32 heavy (non-hydrogen) atoms. The molecule has 0 saturated carbocycles. The van der Waals surface area contributed by atoms with Crippen LogP contribution < -0.4 is 0 Å². The van der Waals surface area contributed by atoms with Gasteiger partial charge in [0.05, 0.1) is 11.5 Å². The Morgan fingerprint density at radius 2 is 1.84 bits per heavy atom. The number of thioether (sulfide) groups is 1. The molecule has 0 radical (unpaired) electrons. The van der Waals surface area contributed by atoms with E-state index in [2.05, 4.69) is 14.9 Å². The number of para-hydroxylation sites is 1. The van der Waals surface area contributed by atoms with Crippen LogP contribution >= 0.6 is 11.8 Å². The Morgan fingerprint density at radius 1 is 1.09 bits per heavy atom. The number of piperazine rings is 1. The van der Waals surface area contributed by atoms with Crippen LogP contribution in [0.1, 0.15) is 22.5 Å². The summed E-state index contributed by atoms with van der Waals surface area (Å²) in [6.45, 7) is 2.46. The minimum atomic E-state index is -2.92. The van der Waals surface area contributed by atoms with Crippen LogP contribution in [-0.4, -0.2) is 77.8 Å². The molecule has 0 bridgehead atoms. The number of fused-ring (bicyclic) bond motifs is 1. The molecule has 1 unspecified atom stereocenters. The highest BCUT2D eigenvalue weighted by molar-refractivity contribution is 7.98. The van der Waals surface area contributed by atoms with Gasteiger partial charge in [-0.1, -0.05) is 30.0 Å². The molecule has 2 aliphatic rings. The van der Waals surface area contributed by atoms with Crippen LogP contribution in [0.15, 0.2) is 52.3 Å². The number of aromatic nitrogens is 2. The Morgan fingerprint density at radius 3 is 2.56 bits per heavy atom. The molecule has 2 aliphatic heterocycles. The van der Waals surface area contributed by atoms with E-state index in [1.165, 1.54) is 11.8 Å². The molecule has 2 aromatic heterocycles. The second kappa shape index (κ2) is 8.84. The summed E-state index contributed by atoms with van der Waals surface area (Å²) in [5.74, 6) is 1.27. The van der Waals surface area contributed by atoms with Crippen LogP contribution in [0.25, 0.3) is 11.0 Å². The fourth-order valence-corrected chi connectivity index (χ4v) is 7.00. The van der Waals surface area contributed by atoms with Gasteiger partial charge in [-0.05, 0) is 18.6 Å². The second-order valence-corrected chi connectivity index (χ2v) is 11.3. The minimum Gasteiger partial charge on any atom is -0.451 e. The molecule has 1 atom stereocenters. The van der Waals surface area contributed by atoms with Gasteiger partial charge in [-0.25, -0.2) is 18.4 Å². The van der Waals surface area contributed by atoms with Gasteiger partial charge in [0.15, 0.2) is 20.8 Å². The molecule has 1 amide bonds. The number of hydrogen-bond donors (Lipinski definition) is 0. The lowest BCUT2D eigenvalue weighted by atomic mass is 10.1. The third kappa shape index (κ3) is 4.39. The van der Waals surface area contributed by atoms with Gasteiger partial charge in [-0.2, -0.15) is 0 Å². The van der Waals surface area contributed by atoms with Crippen LogP contribution in [-0.2, 0) is 15.6 Å². The third-order valence-electron chi connectivity index (χ3n) is 6.11. The van der Waals surface area contributed by atoms with Crippen LogP contribution in [0.2, 0.25) is 0 Å². The normalized spacial score (nSPS) is 21.2. The summed E-state index contributed by atoms with van der Waals surface area (Å²) in [4.78, 5) is 25.9. The highest BCUT2D eigenvalue weighted by atomic mass is 32.2. The Kier molecular flexibility index (Phi) is 5.92. The van der Waals surface area contributed by atoms with Crippen LogP contribution in [0.3, 0.4) is 0 Å². The van der Waals surface area contributed by atoms with Gasteiger partial charge >= 0.3 is 0 Å². The van der Waals surface area contributed by atoms with Crippen molar-refractivity contribution in [1.82, 2.24) is 19.8 Å². The smallest absolute Gasteiger partial charge is 0.290 e. The number of rotatable bonds is 5. The standard InChI is InChI=1S/C22H24N4O4S2/c27-21(26-11-9-25(10-12-26)16-6-13-32(28,29)15-16)20-18(14-31-22-23-7-3-8-24-22)17-4-1-2-5-19(17)30-20/h1-5,7-8,16H,6,9-15H2. The first-order valence-electron chi connectivity index (χ1n) is 10.6. The van der Waals surface area contributed by atoms with Gasteiger partial charge in [-0.3, -0.25) is 9.69 Å². The third-order valence-corrected chi connectivity index (χ3v) is 8.76. The Labute approximate surface area is 190 Å². The molecular weight excluding hydrogens is 448 g/mol. The number of carbonyl (C=O) groups is 1. The number of nitrogens with zero attached hydrogens (tertiary/aromatic N) is 4. The molecule has 168 valence electrons. The maximum atomic E-state index is 13.4. The predicted molar refractivity (Wildman–Crippen MR) is 122 cm³/mol. The van der Waals surface area contributed by atoms with Gasteiger partial charge < -0.3 is 9.32 Å². The van der Waals surface area contributed by atoms with E-state index in [1.807, 2.05) is 29.2 Å². The molecule has 0 N–H and O–H groups in total. The van der Waals surface area contributed by atoms with Crippen molar-refractivity contribution >= 4 is 38.5 Å². The lowest BCUT2D eigenvalue weighted by Crippen LogP contribution is -2.52. The molecule has 5 rings (SSSR count). The number of furan rings is 1. The van der Waals surface area contributed by atoms with Crippen molar-refractivity contribution < 1.29 is 17.6 Å². The van der Waals surface area contributed by atoms with E-state index in [0.29, 0.717) is 54.9 Å². The average molecular weight is 473 g/mol. The van der Waals surface area contributed by atoms with E-state index in [4.69, 9.17) is 4.42 Å². The van der Waals surface area contributed by atoms with Crippen molar-refractivity contribution in [3.05, 3.63) is 54.0 Å². The first-order chi connectivity index (χ1) is 15.5. The molecule has 1 aromatic carbocycles. The quantitative estimate of drug-likeness (QED) is 0.413. The Balaban J connectivity index is 1.32. The SMILES string of the molecule is O=C(c1oc2ccccc2c1CSc1ncccn1)N1CCN(C2CCS(=O)(=O)C2)CC1. The summed E-state index contributed by atoms with van der Waals surface area (Å²) in [5, 5.41) is 1.57. The molecule has 3 aromatic rings. The van der Waals surface area contributed by atoms with E-state index >= 15 is 0 Å². The van der Waals surface area contributed by atoms with Crippen molar-refractivity contribution in [3.63, 3.8) is 0 Å². The lowest BCUT2D eigenvalue weighted by Gasteiger charge is -2.37. The van der Waals surface area contributed by atoms with Crippen molar-refractivity contribution in [2.45, 2.75) is 23.4 Å². The lowest BCUT2D eigenvalue weighted by molar-refractivity contribution is 0.0560. The van der Waals surface area contributed by atoms with Gasteiger partial charge in [0.25, 0.3) is 5.91 Å². The van der Waals surface area contributed by atoms with E-state index in [0.717, 1.165) is 10.9 Å². The molecule has 4 heterocycles. The van der Waals surface area contributed by atoms with Gasteiger partial charge in [0, 0.05) is 61.3 Å². The number of amides is 1. The zero-order valence-electron chi connectivity index (χ0n) is 17.5. The molecule has 2 fully saturated rings. The number of sulfone groups is 1. The fourth-order valence-electron chi connectivity index (χ4n) is 4.41. The van der Waals surface area contributed by atoms with Crippen molar-refractivity contribution in [2.75, 3.05) is 37.7 Å². The maximum absolute atomic E-state index is 13.4. The largest absolute Gasteiger partial charge is 0.451 e. The molecule has 0 spiro atoms. The Hall–Kier alpha value is -2.43. The zero-order valence-corrected chi connectivity index (χ0v) is 19.1. The number of hydrogen-bond acceptors (Lipinski definition) is 8. The van der Waals surface area contributed by atoms with Crippen LogP contribution in [0.5, 0.6) is 0 Å². The van der Waals surface area contributed by atoms with Crippen LogP contribution in [0, 0.1) is 0 Å².